The summed E-state index contributed by atoms with van der Waals surface area (Å²) in [5, 5.41) is 5.83. The van der Waals surface area contributed by atoms with Crippen LogP contribution in [0.15, 0.2) is 67.3 Å². The number of nitrogens with zero attached hydrogens (tertiary/aromatic N) is 2. The third-order valence-corrected chi connectivity index (χ3v) is 12.4. The number of ether oxygens (including phenoxy) is 2. The molecule has 3 fully saturated rings. The highest BCUT2D eigenvalue weighted by Gasteiger charge is 2.62. The van der Waals surface area contributed by atoms with Crippen molar-refractivity contribution in [1.82, 2.24) is 25.2 Å². The van der Waals surface area contributed by atoms with E-state index in [1.54, 1.807) is 13.2 Å². The van der Waals surface area contributed by atoms with Gasteiger partial charge in [-0.3, -0.25) is 23.9 Å². The topological polar surface area (TPSA) is 173 Å². The number of hydrogen-bond donors (Lipinski definition) is 3. The number of methoxy groups -OCH3 is 1. The van der Waals surface area contributed by atoms with Gasteiger partial charge in [0.1, 0.15) is 35.2 Å². The molecule has 1 aliphatic heterocycles. The number of carbonyl (C=O) groups excluding carboxylic acids is 4. The standard InChI is InChI=1S/C42H53N5O8S/c1-9-26-22-42(26,39(51)46-56(52,53)29-16-17-29)45-37(49)33-20-28(24-47(33)38(50)36(41(5,6)7)44-35(48)23-40(2,3)4)55-34-21-31(25-13-11-10-12-14-25)43-32-19-27(54-8)15-18-30(32)34/h9-15,18-19,21,26,28-29,33,36H,1,16-17,20,22-24H2,2-8H3,(H,44,48)(H,45,49)(H,46,51)/t26?,28-,33+,36+,42?/m1/s1. The Bertz CT molecular complexity index is 2140. The van der Waals surface area contributed by atoms with Gasteiger partial charge in [0.15, 0.2) is 0 Å². The van der Waals surface area contributed by atoms with Crippen LogP contribution in [0.3, 0.4) is 0 Å². The molecule has 2 aromatic carbocycles. The van der Waals surface area contributed by atoms with Gasteiger partial charge in [-0.2, -0.15) is 0 Å². The minimum atomic E-state index is -3.90. The molecule has 6 rings (SSSR count). The largest absolute Gasteiger partial charge is 0.497 e. The Morgan fingerprint density at radius 2 is 1.73 bits per heavy atom. The molecule has 0 bridgehead atoms. The van der Waals surface area contributed by atoms with Gasteiger partial charge in [-0.05, 0) is 42.2 Å². The van der Waals surface area contributed by atoms with Crippen LogP contribution < -0.4 is 24.8 Å². The number of amides is 4. The van der Waals surface area contributed by atoms with E-state index >= 15 is 0 Å². The molecule has 3 aromatic rings. The maximum atomic E-state index is 14.7. The first-order chi connectivity index (χ1) is 26.2. The Balaban J connectivity index is 1.34. The van der Waals surface area contributed by atoms with Crippen LogP contribution in [0.25, 0.3) is 22.2 Å². The maximum Gasteiger partial charge on any atom is 0.259 e. The molecular weight excluding hydrogens is 735 g/mol. The first kappa shape index (κ1) is 40.7. The number of pyridine rings is 1. The Morgan fingerprint density at radius 1 is 1.04 bits per heavy atom. The average molecular weight is 788 g/mol. The highest BCUT2D eigenvalue weighted by molar-refractivity contribution is 7.91. The van der Waals surface area contributed by atoms with Gasteiger partial charge in [0.2, 0.25) is 27.7 Å². The van der Waals surface area contributed by atoms with Crippen molar-refractivity contribution in [3.8, 4) is 22.8 Å². The molecule has 5 atom stereocenters. The van der Waals surface area contributed by atoms with Crippen molar-refractivity contribution in [3.63, 3.8) is 0 Å². The molecule has 0 radical (unpaired) electrons. The summed E-state index contributed by atoms with van der Waals surface area (Å²) in [6.07, 6.45) is 2.10. The lowest BCUT2D eigenvalue weighted by Gasteiger charge is -2.36. The Morgan fingerprint density at radius 3 is 2.32 bits per heavy atom. The van der Waals surface area contributed by atoms with Crippen LogP contribution in [0, 0.1) is 16.7 Å². The lowest BCUT2D eigenvalue weighted by Crippen LogP contribution is -2.60. The van der Waals surface area contributed by atoms with Crippen LogP contribution in [0.2, 0.25) is 0 Å². The van der Waals surface area contributed by atoms with Crippen molar-refractivity contribution in [3.05, 3.63) is 67.3 Å². The molecule has 56 heavy (non-hydrogen) atoms. The fraction of sp³-hybridized carbons (Fsp3) is 0.500. The van der Waals surface area contributed by atoms with Crippen molar-refractivity contribution >= 4 is 44.6 Å². The Kier molecular flexibility index (Phi) is 11.0. The first-order valence-corrected chi connectivity index (χ1v) is 20.6. The van der Waals surface area contributed by atoms with E-state index in [9.17, 15) is 27.6 Å². The molecule has 0 spiro atoms. The van der Waals surface area contributed by atoms with E-state index in [0.717, 1.165) is 5.56 Å². The quantitative estimate of drug-likeness (QED) is 0.204. The fourth-order valence-electron chi connectivity index (χ4n) is 7.24. The third-order valence-electron chi connectivity index (χ3n) is 10.5. The lowest BCUT2D eigenvalue weighted by atomic mass is 9.84. The van der Waals surface area contributed by atoms with E-state index in [4.69, 9.17) is 14.5 Å². The number of likely N-dealkylation sites (tertiary alicyclic amines) is 1. The molecule has 2 unspecified atom stereocenters. The van der Waals surface area contributed by atoms with Gasteiger partial charge < -0.3 is 25.0 Å². The maximum absolute atomic E-state index is 14.7. The summed E-state index contributed by atoms with van der Waals surface area (Å²) in [5.74, 6) is -1.68. The molecule has 4 amide bonds. The zero-order chi connectivity index (χ0) is 40.8. The number of rotatable bonds is 13. The highest BCUT2D eigenvalue weighted by Crippen LogP contribution is 2.46. The predicted octanol–water partition coefficient (Wildman–Crippen LogP) is 4.90. The summed E-state index contributed by atoms with van der Waals surface area (Å²) in [6.45, 7) is 15.1. The van der Waals surface area contributed by atoms with Crippen molar-refractivity contribution in [2.24, 2.45) is 16.7 Å². The van der Waals surface area contributed by atoms with Crippen LogP contribution in [-0.2, 0) is 29.2 Å². The second-order valence-electron chi connectivity index (χ2n) is 17.5. The molecule has 2 heterocycles. The minimum absolute atomic E-state index is 0.0145. The average Bonchev–Trinajstić information content (AvgIpc) is 4.06. The third kappa shape index (κ3) is 8.85. The number of aromatic nitrogens is 1. The zero-order valence-electron chi connectivity index (χ0n) is 33.2. The molecule has 3 N–H and O–H groups in total. The van der Waals surface area contributed by atoms with Crippen molar-refractivity contribution in [1.29, 1.82) is 0 Å². The number of carbonyl (C=O) groups is 4. The van der Waals surface area contributed by atoms with Gasteiger partial charge in [-0.25, -0.2) is 13.4 Å². The molecule has 300 valence electrons. The molecule has 1 aromatic heterocycles. The molecule has 13 nitrogen and oxygen atoms in total. The van der Waals surface area contributed by atoms with Gasteiger partial charge in [0.05, 0.1) is 30.1 Å². The van der Waals surface area contributed by atoms with E-state index in [2.05, 4.69) is 21.9 Å². The summed E-state index contributed by atoms with van der Waals surface area (Å²) in [6, 6.07) is 14.7. The SMILES string of the molecule is C=CC1CC1(NC(=O)[C@@H]1C[C@@H](Oc2cc(-c3ccccc3)nc3cc(OC)ccc23)CN1C(=O)[C@H](NC(=O)CC(C)(C)C)C(C)(C)C)C(=O)NS(=O)(=O)C1CC1. The normalized spacial score (nSPS) is 22.8. The number of sulfonamides is 1. The van der Waals surface area contributed by atoms with E-state index in [1.807, 2.05) is 90.1 Å². The minimum Gasteiger partial charge on any atom is -0.497 e. The van der Waals surface area contributed by atoms with Crippen molar-refractivity contribution in [2.75, 3.05) is 13.7 Å². The van der Waals surface area contributed by atoms with E-state index < -0.39 is 68.1 Å². The van der Waals surface area contributed by atoms with Gasteiger partial charge in [0, 0.05) is 41.8 Å². The van der Waals surface area contributed by atoms with E-state index in [1.165, 1.54) is 11.0 Å². The zero-order valence-corrected chi connectivity index (χ0v) is 34.0. The summed E-state index contributed by atoms with van der Waals surface area (Å²) in [5.41, 5.74) is -0.519. The molecule has 2 aliphatic carbocycles. The van der Waals surface area contributed by atoms with Crippen molar-refractivity contribution < 1.29 is 37.1 Å². The number of benzene rings is 2. The van der Waals surface area contributed by atoms with Crippen molar-refractivity contribution in [2.45, 2.75) is 103 Å². The summed E-state index contributed by atoms with van der Waals surface area (Å²) in [4.78, 5) is 62.3. The predicted molar refractivity (Wildman–Crippen MR) is 213 cm³/mol. The van der Waals surface area contributed by atoms with Crippen LogP contribution in [0.1, 0.15) is 73.6 Å². The van der Waals surface area contributed by atoms with Gasteiger partial charge >= 0.3 is 0 Å². The first-order valence-electron chi connectivity index (χ1n) is 19.1. The second kappa shape index (κ2) is 15.2. The summed E-state index contributed by atoms with van der Waals surface area (Å²) < 4.78 is 39.9. The lowest BCUT2D eigenvalue weighted by molar-refractivity contribution is -0.144. The fourth-order valence-corrected chi connectivity index (χ4v) is 8.60. The van der Waals surface area contributed by atoms with Gasteiger partial charge in [-0.1, -0.05) is 78.0 Å². The molecule has 2 saturated carbocycles. The highest BCUT2D eigenvalue weighted by atomic mass is 32.2. The number of nitrogens with one attached hydrogen (secondary N) is 3. The van der Waals surface area contributed by atoms with E-state index in [0.29, 0.717) is 40.9 Å². The van der Waals surface area contributed by atoms with E-state index in [-0.39, 0.29) is 37.1 Å². The number of hydrogen-bond acceptors (Lipinski definition) is 9. The Labute approximate surface area is 329 Å². The second-order valence-corrected chi connectivity index (χ2v) is 19.5. The molecule has 14 heteroatoms. The number of fused-ring (bicyclic) bond motifs is 1. The summed E-state index contributed by atoms with van der Waals surface area (Å²) >= 11 is 0. The molecule has 1 saturated heterocycles. The Hall–Kier alpha value is -4.98. The monoisotopic (exact) mass is 787 g/mol. The molecular formula is C42H53N5O8S. The van der Waals surface area contributed by atoms with Gasteiger partial charge in [-0.15, -0.1) is 6.58 Å². The van der Waals surface area contributed by atoms with Crippen LogP contribution in [-0.4, -0.2) is 84.6 Å². The van der Waals surface area contributed by atoms with Crippen LogP contribution in [0.4, 0.5) is 0 Å². The smallest absolute Gasteiger partial charge is 0.259 e. The van der Waals surface area contributed by atoms with Crippen LogP contribution >= 0.6 is 0 Å². The van der Waals surface area contributed by atoms with Crippen LogP contribution in [0.5, 0.6) is 11.5 Å². The molecule has 3 aliphatic rings. The summed E-state index contributed by atoms with van der Waals surface area (Å²) in [7, 11) is -2.33. The van der Waals surface area contributed by atoms with Gasteiger partial charge in [0.25, 0.3) is 5.91 Å².